The lowest BCUT2D eigenvalue weighted by atomic mass is 9.82. The molecule has 0 bridgehead atoms. The van der Waals surface area contributed by atoms with E-state index in [2.05, 4.69) is 24.1 Å². The van der Waals surface area contributed by atoms with Crippen molar-refractivity contribution in [3.05, 3.63) is 23.9 Å². The average molecular weight is 311 g/mol. The second kappa shape index (κ2) is 6.42. The van der Waals surface area contributed by atoms with Gasteiger partial charge >= 0.3 is 0 Å². The number of hydrogen-bond donors (Lipinski definition) is 1. The summed E-state index contributed by atoms with van der Waals surface area (Å²) < 4.78 is 26.9. The Labute approximate surface area is 127 Å². The molecule has 21 heavy (non-hydrogen) atoms. The highest BCUT2D eigenvalue weighted by molar-refractivity contribution is 7.89. The van der Waals surface area contributed by atoms with Crippen molar-refractivity contribution in [2.75, 3.05) is 20.1 Å². The lowest BCUT2D eigenvalue weighted by Gasteiger charge is -2.26. The zero-order chi connectivity index (χ0) is 15.5. The summed E-state index contributed by atoms with van der Waals surface area (Å²) in [5.74, 6) is 0. The molecule has 1 N–H and O–H groups in total. The summed E-state index contributed by atoms with van der Waals surface area (Å²) in [6.07, 6.45) is 4.61. The van der Waals surface area contributed by atoms with E-state index in [1.54, 1.807) is 16.6 Å². The van der Waals surface area contributed by atoms with Crippen LogP contribution in [0.1, 0.15) is 38.7 Å². The van der Waals surface area contributed by atoms with Gasteiger partial charge in [-0.2, -0.15) is 4.31 Å². The van der Waals surface area contributed by atoms with Crippen LogP contribution >= 0.6 is 0 Å². The van der Waals surface area contributed by atoms with Crippen LogP contribution in [0.3, 0.4) is 0 Å². The number of hydrogen-bond acceptors (Lipinski definition) is 4. The van der Waals surface area contributed by atoms with Gasteiger partial charge in [0.15, 0.2) is 5.03 Å². The van der Waals surface area contributed by atoms with E-state index in [0.717, 1.165) is 24.8 Å². The zero-order valence-electron chi connectivity index (χ0n) is 13.1. The number of aromatic nitrogens is 1. The molecular weight excluding hydrogens is 286 g/mol. The minimum atomic E-state index is -3.46. The van der Waals surface area contributed by atoms with Crippen LogP contribution in [0.25, 0.3) is 0 Å². The first-order valence-corrected chi connectivity index (χ1v) is 9.01. The Morgan fingerprint density at radius 3 is 2.52 bits per heavy atom. The van der Waals surface area contributed by atoms with Gasteiger partial charge in [-0.3, -0.25) is 0 Å². The average Bonchev–Trinajstić information content (AvgIpc) is 2.94. The summed E-state index contributed by atoms with van der Waals surface area (Å²) in [4.78, 5) is 4.14. The minimum absolute atomic E-state index is 0.138. The van der Waals surface area contributed by atoms with E-state index in [0.29, 0.717) is 19.6 Å². The van der Waals surface area contributed by atoms with Crippen molar-refractivity contribution in [2.24, 2.45) is 5.41 Å². The molecule has 0 spiro atoms. The third-order valence-corrected chi connectivity index (χ3v) is 6.45. The smallest absolute Gasteiger partial charge is 0.260 e. The van der Waals surface area contributed by atoms with Crippen molar-refractivity contribution in [1.29, 1.82) is 0 Å². The fourth-order valence-electron chi connectivity index (χ4n) is 2.93. The Balaban J connectivity index is 2.19. The van der Waals surface area contributed by atoms with Crippen LogP contribution in [-0.2, 0) is 16.6 Å². The third kappa shape index (κ3) is 3.27. The summed E-state index contributed by atoms with van der Waals surface area (Å²) in [6, 6.07) is 3.43. The van der Waals surface area contributed by atoms with Crippen molar-refractivity contribution in [2.45, 2.75) is 44.7 Å². The Kier molecular flexibility index (Phi) is 5.01. The van der Waals surface area contributed by atoms with E-state index < -0.39 is 10.0 Å². The number of rotatable bonds is 6. The topological polar surface area (TPSA) is 62.3 Å². The molecule has 1 aromatic heterocycles. The molecule has 5 nitrogen and oxygen atoms in total. The van der Waals surface area contributed by atoms with Crippen LogP contribution < -0.4 is 5.32 Å². The summed E-state index contributed by atoms with van der Waals surface area (Å²) in [6.45, 7) is 6.19. The van der Waals surface area contributed by atoms with Gasteiger partial charge in [0.25, 0.3) is 10.0 Å². The Morgan fingerprint density at radius 1 is 1.33 bits per heavy atom. The first-order chi connectivity index (χ1) is 9.97. The molecule has 1 aromatic rings. The predicted molar refractivity (Wildman–Crippen MR) is 83.4 cm³/mol. The molecular formula is C15H25N3O2S. The van der Waals surface area contributed by atoms with Crippen molar-refractivity contribution in [3.63, 3.8) is 0 Å². The van der Waals surface area contributed by atoms with Gasteiger partial charge < -0.3 is 5.32 Å². The number of nitrogens with one attached hydrogen (secondary N) is 1. The summed E-state index contributed by atoms with van der Waals surface area (Å²) in [7, 11) is -1.61. The van der Waals surface area contributed by atoms with Gasteiger partial charge in [0.05, 0.1) is 0 Å². The Bertz CT molecular complexity index is 565. The van der Waals surface area contributed by atoms with E-state index >= 15 is 0 Å². The van der Waals surface area contributed by atoms with Crippen LogP contribution in [0.5, 0.6) is 0 Å². The molecule has 0 unspecified atom stereocenters. The summed E-state index contributed by atoms with van der Waals surface area (Å²) >= 11 is 0. The van der Waals surface area contributed by atoms with Gasteiger partial charge in [0.1, 0.15) is 0 Å². The van der Waals surface area contributed by atoms with E-state index in [4.69, 9.17) is 0 Å². The quantitative estimate of drug-likeness (QED) is 0.873. The number of sulfonamides is 1. The molecule has 0 aliphatic carbocycles. The van der Waals surface area contributed by atoms with Crippen molar-refractivity contribution >= 4 is 10.0 Å². The molecule has 1 aliphatic rings. The second-order valence-electron chi connectivity index (χ2n) is 5.83. The predicted octanol–water partition coefficient (Wildman–Crippen LogP) is 2.00. The van der Waals surface area contributed by atoms with Crippen molar-refractivity contribution in [3.8, 4) is 0 Å². The van der Waals surface area contributed by atoms with Gasteiger partial charge in [-0.15, -0.1) is 0 Å². The molecule has 0 amide bonds. The molecule has 2 rings (SSSR count). The van der Waals surface area contributed by atoms with Crippen LogP contribution in [-0.4, -0.2) is 37.8 Å². The molecule has 0 atom stereocenters. The van der Waals surface area contributed by atoms with Gasteiger partial charge in [-0.25, -0.2) is 13.4 Å². The van der Waals surface area contributed by atoms with Crippen molar-refractivity contribution < 1.29 is 8.42 Å². The standard InChI is InChI=1S/C15H25N3O2S/c1-4-15(5-2)8-9-18(12-15)21(19,20)14-7-6-13(10-16-3)11-17-14/h6-7,11,16H,4-5,8-10,12H2,1-3H3. The Hall–Kier alpha value is -0.980. The highest BCUT2D eigenvalue weighted by atomic mass is 32.2. The fourth-order valence-corrected chi connectivity index (χ4v) is 4.40. The molecule has 1 aliphatic heterocycles. The van der Waals surface area contributed by atoms with Gasteiger partial charge in [0, 0.05) is 25.8 Å². The van der Waals surface area contributed by atoms with Crippen LogP contribution in [0.2, 0.25) is 0 Å². The van der Waals surface area contributed by atoms with Crippen LogP contribution in [0.4, 0.5) is 0 Å². The maximum atomic E-state index is 12.7. The second-order valence-corrected chi connectivity index (χ2v) is 7.72. The van der Waals surface area contributed by atoms with E-state index in [1.807, 2.05) is 13.1 Å². The highest BCUT2D eigenvalue weighted by Crippen LogP contribution is 2.38. The molecule has 6 heteroatoms. The summed E-state index contributed by atoms with van der Waals surface area (Å²) in [5, 5.41) is 3.18. The first kappa shape index (κ1) is 16.4. The van der Waals surface area contributed by atoms with E-state index in [9.17, 15) is 8.42 Å². The highest BCUT2D eigenvalue weighted by Gasteiger charge is 2.40. The normalized spacial score (nSPS) is 19.0. The molecule has 0 radical (unpaired) electrons. The third-order valence-electron chi connectivity index (χ3n) is 4.69. The largest absolute Gasteiger partial charge is 0.316 e. The van der Waals surface area contributed by atoms with Gasteiger partial charge in [0.2, 0.25) is 0 Å². The van der Waals surface area contributed by atoms with E-state index in [1.165, 1.54) is 0 Å². The summed E-state index contributed by atoms with van der Waals surface area (Å²) in [5.41, 5.74) is 1.12. The molecule has 1 fully saturated rings. The molecule has 118 valence electrons. The molecule has 0 aromatic carbocycles. The monoisotopic (exact) mass is 311 g/mol. The lowest BCUT2D eigenvalue weighted by molar-refractivity contribution is 0.279. The minimum Gasteiger partial charge on any atom is -0.316 e. The molecule has 0 saturated carbocycles. The maximum Gasteiger partial charge on any atom is 0.260 e. The number of pyridine rings is 1. The first-order valence-electron chi connectivity index (χ1n) is 7.57. The maximum absolute atomic E-state index is 12.7. The van der Waals surface area contributed by atoms with Crippen LogP contribution in [0, 0.1) is 5.41 Å². The van der Waals surface area contributed by atoms with Gasteiger partial charge in [-0.05, 0) is 43.4 Å². The fraction of sp³-hybridized carbons (Fsp3) is 0.667. The SMILES string of the molecule is CCC1(CC)CCN(S(=O)(=O)c2ccc(CNC)cn2)C1. The molecule has 1 saturated heterocycles. The van der Waals surface area contributed by atoms with Crippen LogP contribution in [0.15, 0.2) is 23.4 Å². The Morgan fingerprint density at radius 2 is 2.05 bits per heavy atom. The molecule has 2 heterocycles. The number of nitrogens with zero attached hydrogens (tertiary/aromatic N) is 2. The van der Waals surface area contributed by atoms with E-state index in [-0.39, 0.29) is 10.4 Å². The van der Waals surface area contributed by atoms with Gasteiger partial charge in [-0.1, -0.05) is 19.9 Å². The zero-order valence-corrected chi connectivity index (χ0v) is 13.9. The lowest BCUT2D eigenvalue weighted by Crippen LogP contribution is -2.32. The van der Waals surface area contributed by atoms with Crippen molar-refractivity contribution in [1.82, 2.24) is 14.6 Å².